The highest BCUT2D eigenvalue weighted by Crippen LogP contribution is 2.58. The molecule has 0 saturated heterocycles. The molecule has 28 heavy (non-hydrogen) atoms. The highest BCUT2D eigenvalue weighted by molar-refractivity contribution is 6.44. The fraction of sp³-hybridized carbons (Fsp3) is 0.385. The molecular formula is C26H31ClSi. The molecule has 2 aliphatic carbocycles. The third kappa shape index (κ3) is 3.33. The third-order valence-corrected chi connectivity index (χ3v) is 8.60. The topological polar surface area (TPSA) is 0 Å². The van der Waals surface area contributed by atoms with Crippen molar-refractivity contribution in [3.05, 3.63) is 83.5 Å². The summed E-state index contributed by atoms with van der Waals surface area (Å²) in [5.74, 6) is 0.941. The van der Waals surface area contributed by atoms with Gasteiger partial charge in [0.1, 0.15) is 0 Å². The normalized spacial score (nSPS) is 20.9. The van der Waals surface area contributed by atoms with Crippen molar-refractivity contribution < 1.29 is 0 Å². The molecule has 0 saturated carbocycles. The molecule has 4 rings (SSSR count). The van der Waals surface area contributed by atoms with Crippen LogP contribution in [-0.4, -0.2) is 14.7 Å². The molecule has 0 aromatic heterocycles. The van der Waals surface area contributed by atoms with Gasteiger partial charge in [-0.3, -0.25) is 0 Å². The van der Waals surface area contributed by atoms with Crippen LogP contribution in [0.4, 0.5) is 0 Å². The summed E-state index contributed by atoms with van der Waals surface area (Å²) in [5, 5.41) is 0. The zero-order valence-electron chi connectivity index (χ0n) is 17.5. The smallest absolute Gasteiger partial charge is 0.0293 e. The fourth-order valence-corrected chi connectivity index (χ4v) is 5.46. The van der Waals surface area contributed by atoms with Crippen LogP contribution in [0.5, 0.6) is 0 Å². The zero-order chi connectivity index (χ0) is 19.9. The fourth-order valence-electron chi connectivity index (χ4n) is 5.06. The highest BCUT2D eigenvalue weighted by Gasteiger charge is 2.44. The van der Waals surface area contributed by atoms with Crippen LogP contribution >= 0.6 is 11.6 Å². The predicted octanol–water partition coefficient (Wildman–Crippen LogP) is 6.43. The number of fused-ring (bicyclic) bond motifs is 3. The van der Waals surface area contributed by atoms with E-state index in [1.807, 2.05) is 0 Å². The van der Waals surface area contributed by atoms with Crippen molar-refractivity contribution in [2.24, 2.45) is 11.3 Å². The summed E-state index contributed by atoms with van der Waals surface area (Å²) in [6.07, 6.45) is 10.3. The minimum Gasteiger partial charge on any atom is -0.124 e. The Bertz CT molecular complexity index is 888. The number of hydrogen-bond donors (Lipinski definition) is 0. The van der Waals surface area contributed by atoms with Crippen molar-refractivity contribution >= 4 is 21.8 Å². The molecule has 2 aromatic rings. The van der Waals surface area contributed by atoms with Crippen LogP contribution in [0.3, 0.4) is 0 Å². The van der Waals surface area contributed by atoms with Crippen LogP contribution in [0, 0.1) is 11.3 Å². The average molecular weight is 407 g/mol. The summed E-state index contributed by atoms with van der Waals surface area (Å²) in [4.78, 5) is 0. The summed E-state index contributed by atoms with van der Waals surface area (Å²) < 4.78 is -0.0330. The number of rotatable bonds is 6. The van der Waals surface area contributed by atoms with E-state index >= 15 is 0 Å². The van der Waals surface area contributed by atoms with Crippen LogP contribution < -0.4 is 0 Å². The summed E-state index contributed by atoms with van der Waals surface area (Å²) >= 11 is 6.73. The molecular weight excluding hydrogens is 376 g/mol. The Kier molecular flexibility index (Phi) is 5.18. The Hall–Kier alpha value is -1.57. The number of benzene rings is 2. The lowest BCUT2D eigenvalue weighted by atomic mass is 9.64. The van der Waals surface area contributed by atoms with E-state index in [2.05, 4.69) is 87.5 Å². The number of alkyl halides is 1. The lowest BCUT2D eigenvalue weighted by Crippen LogP contribution is -2.32. The van der Waals surface area contributed by atoms with Gasteiger partial charge in [0.2, 0.25) is 0 Å². The first-order valence-electron chi connectivity index (χ1n) is 10.6. The Morgan fingerprint density at radius 3 is 2.11 bits per heavy atom. The predicted molar refractivity (Wildman–Crippen MR) is 126 cm³/mol. The average Bonchev–Trinajstić information content (AvgIpc) is 3.32. The standard InChI is InChI=1S/C26H31ClSi/c1-18(26(3,27)28)16-17-25(2,19-10-4-5-11-19)24-22-14-8-6-12-20(22)21-13-7-9-15-23(21)24/h4-10,12-15,18,24H,11,16-17H2,1-3,28H3. The summed E-state index contributed by atoms with van der Waals surface area (Å²) in [7, 11) is 1.02. The van der Waals surface area contributed by atoms with E-state index in [4.69, 9.17) is 11.6 Å². The van der Waals surface area contributed by atoms with Gasteiger partial charge in [-0.1, -0.05) is 86.2 Å². The SMILES string of the molecule is CC(CCC(C)(C1=CC=CC1)C1c2ccccc2-c2ccccc21)C(C)([SiH3])Cl. The Morgan fingerprint density at radius 2 is 1.61 bits per heavy atom. The molecule has 0 fully saturated rings. The van der Waals surface area contributed by atoms with E-state index in [1.165, 1.54) is 28.7 Å². The number of hydrogen-bond acceptors (Lipinski definition) is 0. The molecule has 3 unspecified atom stereocenters. The van der Waals surface area contributed by atoms with Crippen LogP contribution in [0.1, 0.15) is 57.1 Å². The molecule has 0 radical (unpaired) electrons. The Balaban J connectivity index is 1.79. The van der Waals surface area contributed by atoms with E-state index in [-0.39, 0.29) is 9.91 Å². The van der Waals surface area contributed by atoms with Gasteiger partial charge in [-0.15, -0.1) is 11.6 Å². The molecule has 0 bridgehead atoms. The van der Waals surface area contributed by atoms with E-state index < -0.39 is 0 Å². The van der Waals surface area contributed by atoms with Gasteiger partial charge in [0, 0.05) is 20.7 Å². The molecule has 0 amide bonds. The molecule has 0 spiro atoms. The van der Waals surface area contributed by atoms with Crippen LogP contribution in [-0.2, 0) is 0 Å². The van der Waals surface area contributed by atoms with Crippen LogP contribution in [0.2, 0.25) is 0 Å². The molecule has 2 heteroatoms. The van der Waals surface area contributed by atoms with Crippen molar-refractivity contribution in [2.45, 2.75) is 50.4 Å². The van der Waals surface area contributed by atoms with E-state index in [0.717, 1.165) is 23.1 Å². The number of halogens is 1. The summed E-state index contributed by atoms with van der Waals surface area (Å²) in [5.41, 5.74) is 7.49. The Labute approximate surface area is 178 Å². The van der Waals surface area contributed by atoms with Gasteiger partial charge in [0.25, 0.3) is 0 Å². The van der Waals surface area contributed by atoms with Gasteiger partial charge in [-0.2, -0.15) is 0 Å². The molecule has 0 heterocycles. The van der Waals surface area contributed by atoms with Crippen LogP contribution in [0.15, 0.2) is 72.3 Å². The van der Waals surface area contributed by atoms with Crippen molar-refractivity contribution in [1.82, 2.24) is 0 Å². The second-order valence-electron chi connectivity index (χ2n) is 9.35. The number of allylic oxidation sites excluding steroid dienone is 4. The highest BCUT2D eigenvalue weighted by atomic mass is 35.5. The first-order chi connectivity index (χ1) is 13.3. The Morgan fingerprint density at radius 1 is 1.04 bits per heavy atom. The minimum atomic E-state index is -0.0330. The molecule has 146 valence electrons. The summed E-state index contributed by atoms with van der Waals surface area (Å²) in [6.45, 7) is 7.04. The van der Waals surface area contributed by atoms with Crippen molar-refractivity contribution in [3.63, 3.8) is 0 Å². The molecule has 0 aliphatic heterocycles. The van der Waals surface area contributed by atoms with Crippen molar-refractivity contribution in [3.8, 4) is 11.1 Å². The van der Waals surface area contributed by atoms with Crippen molar-refractivity contribution in [2.75, 3.05) is 0 Å². The van der Waals surface area contributed by atoms with E-state index in [0.29, 0.717) is 11.8 Å². The minimum absolute atomic E-state index is 0.0330. The maximum atomic E-state index is 6.73. The second-order valence-corrected chi connectivity index (χ2v) is 13.0. The van der Waals surface area contributed by atoms with Gasteiger partial charge < -0.3 is 0 Å². The zero-order valence-corrected chi connectivity index (χ0v) is 20.3. The maximum absolute atomic E-state index is 6.73. The first kappa shape index (κ1) is 19.7. The van der Waals surface area contributed by atoms with Gasteiger partial charge in [-0.05, 0) is 59.8 Å². The maximum Gasteiger partial charge on any atom is 0.0293 e. The largest absolute Gasteiger partial charge is 0.124 e. The lowest BCUT2D eigenvalue weighted by molar-refractivity contribution is 0.281. The second kappa shape index (κ2) is 7.35. The molecule has 3 atom stereocenters. The van der Waals surface area contributed by atoms with Gasteiger partial charge in [0.15, 0.2) is 0 Å². The van der Waals surface area contributed by atoms with Gasteiger partial charge in [-0.25, -0.2) is 0 Å². The van der Waals surface area contributed by atoms with Crippen molar-refractivity contribution in [1.29, 1.82) is 0 Å². The molecule has 2 aliphatic rings. The molecule has 2 aromatic carbocycles. The molecule has 0 nitrogen and oxygen atoms in total. The van der Waals surface area contributed by atoms with E-state index in [9.17, 15) is 0 Å². The quantitative estimate of drug-likeness (QED) is 0.383. The van der Waals surface area contributed by atoms with Crippen LogP contribution in [0.25, 0.3) is 11.1 Å². The van der Waals surface area contributed by atoms with Gasteiger partial charge in [0.05, 0.1) is 0 Å². The third-order valence-electron chi connectivity index (χ3n) is 7.24. The molecule has 0 N–H and O–H groups in total. The monoisotopic (exact) mass is 406 g/mol. The first-order valence-corrected chi connectivity index (χ1v) is 11.9. The van der Waals surface area contributed by atoms with E-state index in [1.54, 1.807) is 5.57 Å². The summed E-state index contributed by atoms with van der Waals surface area (Å²) in [6, 6.07) is 18.1. The lowest BCUT2D eigenvalue weighted by Gasteiger charge is -2.40. The van der Waals surface area contributed by atoms with Gasteiger partial charge >= 0.3 is 0 Å².